The molecule has 2 rings (SSSR count). The van der Waals surface area contributed by atoms with Crippen molar-refractivity contribution in [3.05, 3.63) is 0 Å². The number of piperazine rings is 1. The first kappa shape index (κ1) is 14.8. The maximum atomic E-state index is 12.6. The normalized spacial score (nSPS) is 29.0. The Hall–Kier alpha value is -0.650. The fourth-order valence-corrected chi connectivity index (χ4v) is 3.26. The van der Waals surface area contributed by atoms with Gasteiger partial charge in [0.25, 0.3) is 0 Å². The van der Waals surface area contributed by atoms with Crippen LogP contribution in [0.4, 0.5) is 0 Å². The van der Waals surface area contributed by atoms with Crippen LogP contribution in [0.1, 0.15) is 20.3 Å². The molecule has 0 aromatic rings. The summed E-state index contributed by atoms with van der Waals surface area (Å²) in [5.41, 5.74) is 0. The van der Waals surface area contributed by atoms with Crippen molar-refractivity contribution in [3.63, 3.8) is 0 Å². The molecule has 2 saturated heterocycles. The molecule has 2 unspecified atom stereocenters. The van der Waals surface area contributed by atoms with E-state index in [4.69, 9.17) is 0 Å². The van der Waals surface area contributed by atoms with Crippen molar-refractivity contribution < 1.29 is 4.79 Å². The molecular weight excluding hydrogens is 240 g/mol. The van der Waals surface area contributed by atoms with Crippen LogP contribution < -0.4 is 5.32 Å². The van der Waals surface area contributed by atoms with Gasteiger partial charge in [0.05, 0.1) is 6.04 Å². The van der Waals surface area contributed by atoms with E-state index in [1.807, 2.05) is 4.90 Å². The largest absolute Gasteiger partial charge is 0.339 e. The quantitative estimate of drug-likeness (QED) is 0.755. The molecular formula is C14H28N4O. The molecule has 0 aliphatic carbocycles. The summed E-state index contributed by atoms with van der Waals surface area (Å²) >= 11 is 0. The molecule has 0 aromatic heterocycles. The first-order valence-electron chi connectivity index (χ1n) is 7.53. The summed E-state index contributed by atoms with van der Waals surface area (Å²) in [6.07, 6.45) is 1.15. The lowest BCUT2D eigenvalue weighted by Crippen LogP contribution is -2.55. The fourth-order valence-electron chi connectivity index (χ4n) is 3.26. The van der Waals surface area contributed by atoms with Gasteiger partial charge in [0.15, 0.2) is 0 Å². The van der Waals surface area contributed by atoms with Crippen molar-refractivity contribution in [2.24, 2.45) is 0 Å². The molecule has 0 spiro atoms. The van der Waals surface area contributed by atoms with E-state index in [2.05, 4.69) is 36.0 Å². The highest BCUT2D eigenvalue weighted by atomic mass is 16.2. The number of hydrogen-bond acceptors (Lipinski definition) is 4. The molecule has 0 bridgehead atoms. The monoisotopic (exact) mass is 268 g/mol. The van der Waals surface area contributed by atoms with Gasteiger partial charge < -0.3 is 15.1 Å². The smallest absolute Gasteiger partial charge is 0.239 e. The summed E-state index contributed by atoms with van der Waals surface area (Å²) in [4.78, 5) is 19.3. The predicted molar refractivity (Wildman–Crippen MR) is 77.2 cm³/mol. The molecule has 5 nitrogen and oxygen atoms in total. The number of amides is 1. The van der Waals surface area contributed by atoms with Crippen molar-refractivity contribution in [2.75, 3.05) is 52.9 Å². The van der Waals surface area contributed by atoms with Crippen LogP contribution in [0.15, 0.2) is 0 Å². The van der Waals surface area contributed by atoms with E-state index in [0.717, 1.165) is 52.2 Å². The van der Waals surface area contributed by atoms with Gasteiger partial charge in [-0.05, 0) is 33.9 Å². The maximum Gasteiger partial charge on any atom is 0.239 e. The van der Waals surface area contributed by atoms with Gasteiger partial charge in [-0.3, -0.25) is 9.69 Å². The van der Waals surface area contributed by atoms with Crippen LogP contribution in [0.2, 0.25) is 0 Å². The standard InChI is InChI=1S/C14H28N4O/c1-12-11-16(3)7-4-8-18(12)13(2)14(19)17-9-5-15-6-10-17/h12-13,15H,4-11H2,1-3H3. The van der Waals surface area contributed by atoms with E-state index in [1.54, 1.807) is 0 Å². The summed E-state index contributed by atoms with van der Waals surface area (Å²) in [7, 11) is 2.17. The minimum atomic E-state index is 0.0135. The molecule has 2 fully saturated rings. The number of likely N-dealkylation sites (N-methyl/N-ethyl adjacent to an activating group) is 1. The van der Waals surface area contributed by atoms with Crippen LogP contribution in [0.3, 0.4) is 0 Å². The highest BCUT2D eigenvalue weighted by Crippen LogP contribution is 2.14. The van der Waals surface area contributed by atoms with Crippen LogP contribution >= 0.6 is 0 Å². The van der Waals surface area contributed by atoms with E-state index in [1.165, 1.54) is 0 Å². The third kappa shape index (κ3) is 3.68. The predicted octanol–water partition coefficient (Wildman–Crippen LogP) is -0.167. The average molecular weight is 268 g/mol. The average Bonchev–Trinajstić information content (AvgIpc) is 2.58. The van der Waals surface area contributed by atoms with E-state index >= 15 is 0 Å². The van der Waals surface area contributed by atoms with E-state index in [0.29, 0.717) is 11.9 Å². The molecule has 0 aromatic carbocycles. The van der Waals surface area contributed by atoms with Crippen molar-refractivity contribution in [1.82, 2.24) is 20.0 Å². The maximum absolute atomic E-state index is 12.6. The zero-order valence-electron chi connectivity index (χ0n) is 12.6. The molecule has 0 saturated carbocycles. The van der Waals surface area contributed by atoms with Crippen molar-refractivity contribution in [1.29, 1.82) is 0 Å². The first-order valence-corrected chi connectivity index (χ1v) is 7.53. The lowest BCUT2D eigenvalue weighted by atomic mass is 10.1. The molecule has 2 aliphatic heterocycles. The van der Waals surface area contributed by atoms with Gasteiger partial charge >= 0.3 is 0 Å². The van der Waals surface area contributed by atoms with Crippen LogP contribution in [0.5, 0.6) is 0 Å². The number of nitrogens with zero attached hydrogens (tertiary/aromatic N) is 3. The van der Waals surface area contributed by atoms with Crippen molar-refractivity contribution in [3.8, 4) is 0 Å². The van der Waals surface area contributed by atoms with E-state index in [9.17, 15) is 4.79 Å². The Morgan fingerprint density at radius 1 is 1.21 bits per heavy atom. The van der Waals surface area contributed by atoms with Gasteiger partial charge in [0, 0.05) is 45.3 Å². The number of nitrogens with one attached hydrogen (secondary N) is 1. The first-order chi connectivity index (χ1) is 9.09. The minimum Gasteiger partial charge on any atom is -0.339 e. The number of carbonyl (C=O) groups is 1. The number of rotatable bonds is 2. The van der Waals surface area contributed by atoms with E-state index in [-0.39, 0.29) is 6.04 Å². The Bertz CT molecular complexity index is 304. The summed E-state index contributed by atoms with van der Waals surface area (Å²) < 4.78 is 0. The Morgan fingerprint density at radius 3 is 2.58 bits per heavy atom. The van der Waals surface area contributed by atoms with Crippen LogP contribution in [0, 0.1) is 0 Å². The second-order valence-electron chi connectivity index (χ2n) is 5.95. The summed E-state index contributed by atoms with van der Waals surface area (Å²) in [5, 5.41) is 3.30. The van der Waals surface area contributed by atoms with Gasteiger partial charge in [0.2, 0.25) is 5.91 Å². The zero-order valence-corrected chi connectivity index (χ0v) is 12.6. The minimum absolute atomic E-state index is 0.0135. The molecule has 1 N–H and O–H groups in total. The lowest BCUT2D eigenvalue weighted by Gasteiger charge is -2.37. The van der Waals surface area contributed by atoms with Crippen molar-refractivity contribution >= 4 is 5.91 Å². The van der Waals surface area contributed by atoms with Crippen LogP contribution in [0.25, 0.3) is 0 Å². The second kappa shape index (κ2) is 6.68. The highest BCUT2D eigenvalue weighted by Gasteiger charge is 2.31. The molecule has 110 valence electrons. The Morgan fingerprint density at radius 2 is 1.89 bits per heavy atom. The third-order valence-electron chi connectivity index (χ3n) is 4.38. The van der Waals surface area contributed by atoms with E-state index < -0.39 is 0 Å². The molecule has 0 radical (unpaired) electrons. The Kier molecular flexibility index (Phi) is 5.19. The Labute approximate surface area is 116 Å². The van der Waals surface area contributed by atoms with Crippen molar-refractivity contribution in [2.45, 2.75) is 32.4 Å². The SMILES string of the molecule is CC1CN(C)CCCN1C(C)C(=O)N1CCNCC1. The fraction of sp³-hybridized carbons (Fsp3) is 0.929. The van der Waals surface area contributed by atoms with Gasteiger partial charge in [-0.15, -0.1) is 0 Å². The van der Waals surface area contributed by atoms with Gasteiger partial charge in [0.1, 0.15) is 0 Å². The molecule has 2 aliphatic rings. The Balaban J connectivity index is 1.96. The number of hydrogen-bond donors (Lipinski definition) is 1. The lowest BCUT2D eigenvalue weighted by molar-refractivity contribution is -0.137. The third-order valence-corrected chi connectivity index (χ3v) is 4.38. The van der Waals surface area contributed by atoms with Gasteiger partial charge in [-0.2, -0.15) is 0 Å². The highest BCUT2D eigenvalue weighted by molar-refractivity contribution is 5.81. The summed E-state index contributed by atoms with van der Waals surface area (Å²) in [5.74, 6) is 0.304. The topological polar surface area (TPSA) is 38.8 Å². The van der Waals surface area contributed by atoms with Crippen LogP contribution in [-0.2, 0) is 4.79 Å². The molecule has 2 atom stereocenters. The zero-order chi connectivity index (χ0) is 13.8. The second-order valence-corrected chi connectivity index (χ2v) is 5.95. The molecule has 1 amide bonds. The number of carbonyl (C=O) groups excluding carboxylic acids is 1. The molecule has 5 heteroatoms. The molecule has 2 heterocycles. The summed E-state index contributed by atoms with van der Waals surface area (Å²) in [6.45, 7) is 11.1. The van der Waals surface area contributed by atoms with Gasteiger partial charge in [-0.1, -0.05) is 0 Å². The van der Waals surface area contributed by atoms with Gasteiger partial charge in [-0.25, -0.2) is 0 Å². The summed E-state index contributed by atoms with van der Waals surface area (Å²) in [6, 6.07) is 0.467. The molecule has 19 heavy (non-hydrogen) atoms. The van der Waals surface area contributed by atoms with Crippen LogP contribution in [-0.4, -0.2) is 85.6 Å².